The normalized spacial score (nSPS) is 15.2. The number of hydrogen-bond acceptors (Lipinski definition) is 7. The van der Waals surface area contributed by atoms with Crippen LogP contribution >= 0.6 is 0 Å². The van der Waals surface area contributed by atoms with Crippen molar-refractivity contribution >= 4 is 5.96 Å². The van der Waals surface area contributed by atoms with E-state index in [1.54, 1.807) is 34.7 Å². The fraction of sp³-hybridized carbons (Fsp3) is 0.550. The van der Waals surface area contributed by atoms with Gasteiger partial charge in [0.1, 0.15) is 6.33 Å². The molecule has 1 aromatic carbocycles. The Morgan fingerprint density at radius 2 is 1.73 bits per heavy atom. The van der Waals surface area contributed by atoms with Crippen molar-refractivity contribution in [3.63, 3.8) is 0 Å². The number of nitrogens with zero attached hydrogens (tertiary/aromatic N) is 6. The van der Waals surface area contributed by atoms with Gasteiger partial charge < -0.3 is 29.0 Å². The zero-order chi connectivity index (χ0) is 21.5. The standard InChI is InChI=1S/C20H31N7O3/c1-21-20(22-12-18-24-23-14-25(18)2)27-8-6-26(7-9-27)13-15-10-16(28-3)19(30-5)17(11-15)29-4/h10-11,14H,6-9,12-13H2,1-5H3,(H,21,22). The number of hydrogen-bond donors (Lipinski definition) is 1. The highest BCUT2D eigenvalue weighted by atomic mass is 16.5. The number of benzene rings is 1. The first-order chi connectivity index (χ1) is 14.6. The minimum Gasteiger partial charge on any atom is -0.493 e. The first kappa shape index (κ1) is 21.7. The summed E-state index contributed by atoms with van der Waals surface area (Å²) in [6.45, 7) is 5.05. The highest BCUT2D eigenvalue weighted by molar-refractivity contribution is 5.79. The summed E-state index contributed by atoms with van der Waals surface area (Å²) < 4.78 is 18.3. The minimum atomic E-state index is 0.592. The third kappa shape index (κ3) is 4.93. The topological polar surface area (TPSA) is 89.3 Å². The van der Waals surface area contributed by atoms with Crippen LogP contribution in [0.5, 0.6) is 17.2 Å². The molecule has 30 heavy (non-hydrogen) atoms. The van der Waals surface area contributed by atoms with E-state index in [1.807, 2.05) is 23.7 Å². The molecule has 1 aromatic heterocycles. The molecule has 0 atom stereocenters. The van der Waals surface area contributed by atoms with Gasteiger partial charge in [-0.25, -0.2) is 0 Å². The van der Waals surface area contributed by atoms with Gasteiger partial charge in [-0.3, -0.25) is 9.89 Å². The molecule has 164 valence electrons. The van der Waals surface area contributed by atoms with Gasteiger partial charge in [-0.05, 0) is 17.7 Å². The van der Waals surface area contributed by atoms with Crippen LogP contribution in [0.1, 0.15) is 11.4 Å². The number of rotatable bonds is 7. The van der Waals surface area contributed by atoms with Crippen molar-refractivity contribution in [1.29, 1.82) is 0 Å². The predicted molar refractivity (Wildman–Crippen MR) is 114 cm³/mol. The SMILES string of the molecule is CN=C(NCc1nncn1C)N1CCN(Cc2cc(OC)c(OC)c(OC)c2)CC1. The maximum Gasteiger partial charge on any atom is 0.203 e. The molecule has 0 spiro atoms. The molecular formula is C20H31N7O3. The third-order valence-corrected chi connectivity index (χ3v) is 5.22. The van der Waals surface area contributed by atoms with Gasteiger partial charge in [0.2, 0.25) is 5.75 Å². The van der Waals surface area contributed by atoms with Crippen LogP contribution in [0, 0.1) is 0 Å². The molecule has 0 aliphatic carbocycles. The second-order valence-corrected chi connectivity index (χ2v) is 7.06. The molecule has 10 heteroatoms. The molecule has 0 amide bonds. The number of ether oxygens (including phenoxy) is 3. The number of piperazine rings is 1. The van der Waals surface area contributed by atoms with E-state index in [-0.39, 0.29) is 0 Å². The van der Waals surface area contributed by atoms with Crippen LogP contribution in [0.15, 0.2) is 23.5 Å². The summed E-state index contributed by atoms with van der Waals surface area (Å²) in [4.78, 5) is 9.10. The Kier molecular flexibility index (Phi) is 7.34. The second-order valence-electron chi connectivity index (χ2n) is 7.06. The van der Waals surface area contributed by atoms with Gasteiger partial charge in [0, 0.05) is 46.8 Å². The van der Waals surface area contributed by atoms with E-state index in [0.717, 1.165) is 50.1 Å². The Morgan fingerprint density at radius 1 is 1.07 bits per heavy atom. The van der Waals surface area contributed by atoms with E-state index in [0.29, 0.717) is 23.8 Å². The van der Waals surface area contributed by atoms with E-state index in [9.17, 15) is 0 Å². The van der Waals surface area contributed by atoms with Gasteiger partial charge in [-0.1, -0.05) is 0 Å². The van der Waals surface area contributed by atoms with Gasteiger partial charge in [0.15, 0.2) is 23.3 Å². The first-order valence-corrected chi connectivity index (χ1v) is 9.89. The summed E-state index contributed by atoms with van der Waals surface area (Å²) in [5, 5.41) is 11.4. The van der Waals surface area contributed by atoms with Crippen molar-refractivity contribution in [2.24, 2.45) is 12.0 Å². The minimum absolute atomic E-state index is 0.592. The zero-order valence-electron chi connectivity index (χ0n) is 18.4. The summed E-state index contributed by atoms with van der Waals surface area (Å²) in [6.07, 6.45) is 1.70. The maximum atomic E-state index is 5.47. The number of methoxy groups -OCH3 is 3. The molecule has 1 fully saturated rings. The number of aromatic nitrogens is 3. The largest absolute Gasteiger partial charge is 0.493 e. The molecule has 2 heterocycles. The lowest BCUT2D eigenvalue weighted by atomic mass is 10.1. The molecule has 1 N–H and O–H groups in total. The lowest BCUT2D eigenvalue weighted by Crippen LogP contribution is -2.52. The van der Waals surface area contributed by atoms with Gasteiger partial charge in [-0.2, -0.15) is 0 Å². The van der Waals surface area contributed by atoms with E-state index in [1.165, 1.54) is 0 Å². The molecule has 3 rings (SSSR count). The van der Waals surface area contributed by atoms with Crippen molar-refractivity contribution in [3.05, 3.63) is 29.8 Å². The van der Waals surface area contributed by atoms with Crippen molar-refractivity contribution in [1.82, 2.24) is 29.9 Å². The van der Waals surface area contributed by atoms with Crippen LogP contribution < -0.4 is 19.5 Å². The molecule has 1 aliphatic rings. The Bertz CT molecular complexity index is 835. The lowest BCUT2D eigenvalue weighted by Gasteiger charge is -2.36. The van der Waals surface area contributed by atoms with Crippen LogP contribution in [0.3, 0.4) is 0 Å². The Balaban J connectivity index is 1.57. The van der Waals surface area contributed by atoms with Crippen molar-refractivity contribution in [2.75, 3.05) is 54.6 Å². The van der Waals surface area contributed by atoms with Crippen LogP contribution in [-0.4, -0.2) is 85.1 Å². The molecular weight excluding hydrogens is 386 g/mol. The summed E-state index contributed by atoms with van der Waals surface area (Å²) in [5.74, 6) is 3.73. The van der Waals surface area contributed by atoms with E-state index < -0.39 is 0 Å². The zero-order valence-corrected chi connectivity index (χ0v) is 18.4. The number of aryl methyl sites for hydroxylation is 1. The first-order valence-electron chi connectivity index (χ1n) is 9.89. The molecule has 0 bridgehead atoms. The number of aliphatic imine (C=N–C) groups is 1. The molecule has 2 aromatic rings. The Labute approximate surface area is 177 Å². The number of nitrogens with one attached hydrogen (secondary N) is 1. The quantitative estimate of drug-likeness (QED) is 0.521. The average Bonchev–Trinajstić information content (AvgIpc) is 3.19. The smallest absolute Gasteiger partial charge is 0.203 e. The Hall–Kier alpha value is -3.01. The van der Waals surface area contributed by atoms with Crippen molar-refractivity contribution < 1.29 is 14.2 Å². The van der Waals surface area contributed by atoms with Crippen molar-refractivity contribution in [3.8, 4) is 17.2 Å². The summed E-state index contributed by atoms with van der Waals surface area (Å²) in [6, 6.07) is 4.02. The van der Waals surface area contributed by atoms with Gasteiger partial charge >= 0.3 is 0 Å². The number of guanidine groups is 1. The third-order valence-electron chi connectivity index (χ3n) is 5.22. The molecule has 0 unspecified atom stereocenters. The summed E-state index contributed by atoms with van der Waals surface area (Å²) in [5.41, 5.74) is 1.13. The highest BCUT2D eigenvalue weighted by Crippen LogP contribution is 2.38. The fourth-order valence-electron chi connectivity index (χ4n) is 3.56. The highest BCUT2D eigenvalue weighted by Gasteiger charge is 2.21. The Morgan fingerprint density at radius 3 is 2.23 bits per heavy atom. The van der Waals surface area contributed by atoms with Crippen LogP contribution in [-0.2, 0) is 20.1 Å². The van der Waals surface area contributed by atoms with Crippen molar-refractivity contribution in [2.45, 2.75) is 13.1 Å². The predicted octanol–water partition coefficient (Wildman–Crippen LogP) is 0.734. The molecule has 0 radical (unpaired) electrons. The summed E-state index contributed by atoms with van der Waals surface area (Å²) >= 11 is 0. The van der Waals surface area contributed by atoms with Crippen LogP contribution in [0.4, 0.5) is 0 Å². The second kappa shape index (κ2) is 10.1. The molecule has 1 saturated heterocycles. The summed E-state index contributed by atoms with van der Waals surface area (Å²) in [7, 11) is 8.63. The molecule has 10 nitrogen and oxygen atoms in total. The van der Waals surface area contributed by atoms with E-state index in [2.05, 4.69) is 30.3 Å². The van der Waals surface area contributed by atoms with Gasteiger partial charge in [0.05, 0.1) is 27.9 Å². The van der Waals surface area contributed by atoms with E-state index >= 15 is 0 Å². The monoisotopic (exact) mass is 417 g/mol. The van der Waals surface area contributed by atoms with Gasteiger partial charge in [-0.15, -0.1) is 10.2 Å². The fourth-order valence-corrected chi connectivity index (χ4v) is 3.56. The maximum absolute atomic E-state index is 5.47. The van der Waals surface area contributed by atoms with E-state index in [4.69, 9.17) is 14.2 Å². The van der Waals surface area contributed by atoms with Gasteiger partial charge in [0.25, 0.3) is 0 Å². The molecule has 0 saturated carbocycles. The molecule has 1 aliphatic heterocycles. The van der Waals surface area contributed by atoms with Crippen LogP contribution in [0.2, 0.25) is 0 Å². The lowest BCUT2D eigenvalue weighted by molar-refractivity contribution is 0.172. The van der Waals surface area contributed by atoms with Crippen LogP contribution in [0.25, 0.3) is 0 Å². The average molecular weight is 418 g/mol.